The van der Waals surface area contributed by atoms with Gasteiger partial charge in [-0.25, -0.2) is 0 Å². The summed E-state index contributed by atoms with van der Waals surface area (Å²) in [7, 11) is 1.70. The van der Waals surface area contributed by atoms with E-state index in [0.717, 1.165) is 17.7 Å². The Morgan fingerprint density at radius 1 is 1.39 bits per heavy atom. The third-order valence-electron chi connectivity index (χ3n) is 2.85. The molecule has 0 heterocycles. The molecule has 0 saturated carbocycles. The highest BCUT2D eigenvalue weighted by Crippen LogP contribution is 2.27. The molecular weight excluding hydrogens is 224 g/mol. The van der Waals surface area contributed by atoms with Gasteiger partial charge in [0.05, 0.1) is 7.11 Å². The van der Waals surface area contributed by atoms with Gasteiger partial charge in [-0.05, 0) is 42.5 Å². The smallest absolute Gasteiger partial charge is 0.130 e. The highest BCUT2D eigenvalue weighted by Gasteiger charge is 2.06. The normalized spacial score (nSPS) is 11.2. The minimum Gasteiger partial charge on any atom is -0.496 e. The summed E-state index contributed by atoms with van der Waals surface area (Å²) in [6.07, 6.45) is 5.53. The van der Waals surface area contributed by atoms with Gasteiger partial charge in [-0.15, -0.1) is 0 Å². The molecule has 1 aromatic rings. The van der Waals surface area contributed by atoms with Crippen LogP contribution in [0.4, 0.5) is 0 Å². The Bertz CT molecular complexity index is 431. The van der Waals surface area contributed by atoms with Gasteiger partial charge >= 0.3 is 0 Å². The van der Waals surface area contributed by atoms with Crippen molar-refractivity contribution in [2.75, 3.05) is 7.11 Å². The number of carbonyl (C=O) groups is 1. The number of rotatable bonds is 6. The van der Waals surface area contributed by atoms with E-state index in [0.29, 0.717) is 12.3 Å². The topological polar surface area (TPSA) is 26.3 Å². The number of ketones is 1. The van der Waals surface area contributed by atoms with Crippen LogP contribution in [0.15, 0.2) is 24.3 Å². The van der Waals surface area contributed by atoms with Crippen molar-refractivity contribution in [1.82, 2.24) is 0 Å². The zero-order chi connectivity index (χ0) is 13.5. The first kappa shape index (κ1) is 14.5. The third kappa shape index (κ3) is 4.36. The summed E-state index contributed by atoms with van der Waals surface area (Å²) in [5, 5.41) is 0. The monoisotopic (exact) mass is 246 g/mol. The minimum absolute atomic E-state index is 0.234. The lowest BCUT2D eigenvalue weighted by molar-refractivity contribution is -0.116. The SMILES string of the molecule is COc1ccc(/C=C/CCC(C)=O)cc1C(C)C. The van der Waals surface area contributed by atoms with E-state index in [9.17, 15) is 4.79 Å². The first-order valence-electron chi connectivity index (χ1n) is 6.38. The van der Waals surface area contributed by atoms with E-state index in [1.165, 1.54) is 5.56 Å². The molecule has 1 aromatic carbocycles. The molecule has 0 unspecified atom stereocenters. The summed E-state index contributed by atoms with van der Waals surface area (Å²) in [6.45, 7) is 5.93. The third-order valence-corrected chi connectivity index (χ3v) is 2.85. The largest absolute Gasteiger partial charge is 0.496 e. The van der Waals surface area contributed by atoms with Gasteiger partial charge in [-0.1, -0.05) is 32.1 Å². The highest BCUT2D eigenvalue weighted by atomic mass is 16.5. The molecule has 0 radical (unpaired) electrons. The summed E-state index contributed by atoms with van der Waals surface area (Å²) in [4.78, 5) is 10.8. The van der Waals surface area contributed by atoms with Gasteiger partial charge in [0.1, 0.15) is 11.5 Å². The van der Waals surface area contributed by atoms with Crippen LogP contribution in [-0.4, -0.2) is 12.9 Å². The number of benzene rings is 1. The Morgan fingerprint density at radius 3 is 2.67 bits per heavy atom. The molecule has 18 heavy (non-hydrogen) atoms. The fourth-order valence-corrected chi connectivity index (χ4v) is 1.81. The molecule has 0 fully saturated rings. The second kappa shape index (κ2) is 7.00. The molecule has 0 saturated heterocycles. The van der Waals surface area contributed by atoms with E-state index in [-0.39, 0.29) is 5.78 Å². The molecule has 0 aliphatic heterocycles. The van der Waals surface area contributed by atoms with E-state index in [1.54, 1.807) is 14.0 Å². The van der Waals surface area contributed by atoms with E-state index in [2.05, 4.69) is 26.0 Å². The zero-order valence-corrected chi connectivity index (χ0v) is 11.7. The molecule has 0 atom stereocenters. The van der Waals surface area contributed by atoms with Gasteiger partial charge in [-0.3, -0.25) is 0 Å². The summed E-state index contributed by atoms with van der Waals surface area (Å²) < 4.78 is 5.35. The van der Waals surface area contributed by atoms with Crippen molar-refractivity contribution in [3.63, 3.8) is 0 Å². The zero-order valence-electron chi connectivity index (χ0n) is 11.7. The van der Waals surface area contributed by atoms with Crippen LogP contribution in [0.1, 0.15) is 50.7 Å². The van der Waals surface area contributed by atoms with Crippen LogP contribution in [0.5, 0.6) is 5.75 Å². The van der Waals surface area contributed by atoms with Crippen molar-refractivity contribution in [3.8, 4) is 5.75 Å². The van der Waals surface area contributed by atoms with Crippen LogP contribution in [0.3, 0.4) is 0 Å². The summed E-state index contributed by atoms with van der Waals surface area (Å²) >= 11 is 0. The lowest BCUT2D eigenvalue weighted by atomic mass is 9.99. The van der Waals surface area contributed by atoms with E-state index in [1.807, 2.05) is 18.2 Å². The molecule has 0 aromatic heterocycles. The van der Waals surface area contributed by atoms with Gasteiger partial charge in [0.15, 0.2) is 0 Å². The molecule has 0 aliphatic rings. The first-order valence-corrected chi connectivity index (χ1v) is 6.38. The number of allylic oxidation sites excluding steroid dienone is 1. The molecule has 1 rings (SSSR count). The highest BCUT2D eigenvalue weighted by molar-refractivity contribution is 5.75. The maximum Gasteiger partial charge on any atom is 0.130 e. The van der Waals surface area contributed by atoms with Crippen LogP contribution in [0, 0.1) is 0 Å². The maximum atomic E-state index is 10.8. The second-order valence-corrected chi connectivity index (χ2v) is 4.80. The Kier molecular flexibility index (Phi) is 5.63. The van der Waals surface area contributed by atoms with Crippen LogP contribution in [-0.2, 0) is 4.79 Å². The molecular formula is C16H22O2. The number of ether oxygens (including phenoxy) is 1. The average Bonchev–Trinajstić information content (AvgIpc) is 2.34. The molecule has 0 amide bonds. The average molecular weight is 246 g/mol. The molecule has 0 aliphatic carbocycles. The van der Waals surface area contributed by atoms with Gasteiger partial charge in [-0.2, -0.15) is 0 Å². The van der Waals surface area contributed by atoms with Gasteiger partial charge < -0.3 is 9.53 Å². The lowest BCUT2D eigenvalue weighted by Gasteiger charge is -2.12. The fourth-order valence-electron chi connectivity index (χ4n) is 1.81. The predicted molar refractivity (Wildman–Crippen MR) is 76.0 cm³/mol. The number of Topliss-reactive ketones (excluding diaryl/α,β-unsaturated/α-hetero) is 1. The minimum atomic E-state index is 0.234. The summed E-state index contributed by atoms with van der Waals surface area (Å²) in [5.74, 6) is 1.61. The summed E-state index contributed by atoms with van der Waals surface area (Å²) in [6, 6.07) is 6.18. The Morgan fingerprint density at radius 2 is 2.11 bits per heavy atom. The predicted octanol–water partition coefficient (Wildman–Crippen LogP) is 4.20. The maximum absolute atomic E-state index is 10.8. The number of carbonyl (C=O) groups excluding carboxylic acids is 1. The first-order chi connectivity index (χ1) is 8.54. The van der Waals surface area contributed by atoms with Crippen molar-refractivity contribution in [3.05, 3.63) is 35.4 Å². The standard InChI is InChI=1S/C16H22O2/c1-12(2)15-11-14(9-10-16(15)18-4)8-6-5-7-13(3)17/h6,8-12H,5,7H2,1-4H3/b8-6+. The molecule has 98 valence electrons. The second-order valence-electron chi connectivity index (χ2n) is 4.80. The van der Waals surface area contributed by atoms with Crippen molar-refractivity contribution >= 4 is 11.9 Å². The lowest BCUT2D eigenvalue weighted by Crippen LogP contribution is -1.94. The van der Waals surface area contributed by atoms with Crippen LogP contribution >= 0.6 is 0 Å². The number of hydrogen-bond donors (Lipinski definition) is 0. The quantitative estimate of drug-likeness (QED) is 0.752. The molecule has 0 bridgehead atoms. The van der Waals surface area contributed by atoms with Crippen molar-refractivity contribution < 1.29 is 9.53 Å². The summed E-state index contributed by atoms with van der Waals surface area (Å²) in [5.41, 5.74) is 2.37. The van der Waals surface area contributed by atoms with Crippen LogP contribution < -0.4 is 4.74 Å². The van der Waals surface area contributed by atoms with Gasteiger partial charge in [0.2, 0.25) is 0 Å². The molecule has 0 N–H and O–H groups in total. The molecule has 2 nitrogen and oxygen atoms in total. The molecule has 2 heteroatoms. The van der Waals surface area contributed by atoms with Crippen LogP contribution in [0.25, 0.3) is 6.08 Å². The van der Waals surface area contributed by atoms with E-state index < -0.39 is 0 Å². The Labute approximate surface area is 110 Å². The van der Waals surface area contributed by atoms with E-state index in [4.69, 9.17) is 4.74 Å². The van der Waals surface area contributed by atoms with Crippen molar-refractivity contribution in [2.24, 2.45) is 0 Å². The molecule has 0 spiro atoms. The number of hydrogen-bond acceptors (Lipinski definition) is 2. The van der Waals surface area contributed by atoms with Crippen LogP contribution in [0.2, 0.25) is 0 Å². The van der Waals surface area contributed by atoms with Gasteiger partial charge in [0.25, 0.3) is 0 Å². The van der Waals surface area contributed by atoms with Crippen molar-refractivity contribution in [2.45, 2.75) is 39.5 Å². The Balaban J connectivity index is 2.78. The Hall–Kier alpha value is -1.57. The van der Waals surface area contributed by atoms with Crippen molar-refractivity contribution in [1.29, 1.82) is 0 Å². The number of methoxy groups -OCH3 is 1. The fraction of sp³-hybridized carbons (Fsp3) is 0.438. The van der Waals surface area contributed by atoms with E-state index >= 15 is 0 Å². The van der Waals surface area contributed by atoms with Gasteiger partial charge in [0, 0.05) is 6.42 Å².